The summed E-state index contributed by atoms with van der Waals surface area (Å²) in [5.41, 5.74) is 3.41. The summed E-state index contributed by atoms with van der Waals surface area (Å²) in [6, 6.07) is 6.98. The predicted octanol–water partition coefficient (Wildman–Crippen LogP) is 3.20. The number of pyridine rings is 1. The van der Waals surface area contributed by atoms with Gasteiger partial charge in [-0.2, -0.15) is 0 Å². The van der Waals surface area contributed by atoms with Crippen LogP contribution in [0.3, 0.4) is 0 Å². The number of nitrogens with one attached hydrogen (secondary N) is 1. The third-order valence-electron chi connectivity index (χ3n) is 3.76. The summed E-state index contributed by atoms with van der Waals surface area (Å²) in [6.45, 7) is 7.76. The van der Waals surface area contributed by atoms with E-state index in [1.807, 2.05) is 32.9 Å². The molecule has 0 saturated heterocycles. The van der Waals surface area contributed by atoms with Crippen molar-refractivity contribution in [3.63, 3.8) is 0 Å². The molecule has 1 heterocycles. The van der Waals surface area contributed by atoms with Gasteiger partial charge in [0.2, 0.25) is 0 Å². The molecule has 2 aromatic rings. The van der Waals surface area contributed by atoms with Crippen LogP contribution in [0.2, 0.25) is 0 Å². The maximum Gasteiger partial charge on any atom is 0.338 e. The van der Waals surface area contributed by atoms with Crippen LogP contribution in [0.5, 0.6) is 5.75 Å². The van der Waals surface area contributed by atoms with Crippen LogP contribution < -0.4 is 10.1 Å². The van der Waals surface area contributed by atoms with Crippen LogP contribution >= 0.6 is 0 Å². The van der Waals surface area contributed by atoms with Crippen molar-refractivity contribution < 1.29 is 19.1 Å². The van der Waals surface area contributed by atoms with E-state index < -0.39 is 5.97 Å². The fraction of sp³-hybridized carbons (Fsp3) is 0.316. The lowest BCUT2D eigenvalue weighted by Crippen LogP contribution is -2.21. The summed E-state index contributed by atoms with van der Waals surface area (Å²) in [5, 5.41) is 2.62. The minimum absolute atomic E-state index is 0.142. The van der Waals surface area contributed by atoms with Gasteiger partial charge in [-0.05, 0) is 56.5 Å². The van der Waals surface area contributed by atoms with E-state index in [9.17, 15) is 9.59 Å². The first-order valence-electron chi connectivity index (χ1n) is 8.05. The molecule has 6 heteroatoms. The zero-order chi connectivity index (χ0) is 18.4. The molecule has 1 N–H and O–H groups in total. The molecule has 0 aliphatic carbocycles. The minimum atomic E-state index is -0.456. The van der Waals surface area contributed by atoms with Gasteiger partial charge in [-0.15, -0.1) is 0 Å². The van der Waals surface area contributed by atoms with Gasteiger partial charge < -0.3 is 14.8 Å². The smallest absolute Gasteiger partial charge is 0.338 e. The molecule has 25 heavy (non-hydrogen) atoms. The molecular formula is C19H22N2O4. The lowest BCUT2D eigenvalue weighted by atomic mass is 10.1. The molecule has 0 spiro atoms. The predicted molar refractivity (Wildman–Crippen MR) is 95.0 cm³/mol. The standard InChI is InChI=1S/C19H22N2O4/c1-5-24-19(23)15-8-9-20-16(10-15)21-17(22)11-25-18-13(3)7-6-12(2)14(18)4/h6-10H,5,11H2,1-4H3,(H,20,21,22). The van der Waals surface area contributed by atoms with Crippen LogP contribution in [-0.4, -0.2) is 30.1 Å². The molecule has 1 amide bonds. The normalized spacial score (nSPS) is 10.2. The quantitative estimate of drug-likeness (QED) is 0.816. The number of carbonyl (C=O) groups excluding carboxylic acids is 2. The number of amides is 1. The monoisotopic (exact) mass is 342 g/mol. The van der Waals surface area contributed by atoms with E-state index in [1.165, 1.54) is 18.3 Å². The Bertz CT molecular complexity index is 787. The van der Waals surface area contributed by atoms with Crippen molar-refractivity contribution in [2.24, 2.45) is 0 Å². The second kappa shape index (κ2) is 8.28. The Morgan fingerprint density at radius 1 is 1.12 bits per heavy atom. The molecule has 1 aromatic heterocycles. The fourth-order valence-electron chi connectivity index (χ4n) is 2.30. The average Bonchev–Trinajstić information content (AvgIpc) is 2.59. The van der Waals surface area contributed by atoms with E-state index in [2.05, 4.69) is 10.3 Å². The summed E-state index contributed by atoms with van der Waals surface area (Å²) >= 11 is 0. The molecule has 0 bridgehead atoms. The number of ether oxygens (including phenoxy) is 2. The lowest BCUT2D eigenvalue weighted by molar-refractivity contribution is -0.118. The lowest BCUT2D eigenvalue weighted by Gasteiger charge is -2.13. The van der Waals surface area contributed by atoms with Crippen molar-refractivity contribution in [3.8, 4) is 5.75 Å². The second-order valence-electron chi connectivity index (χ2n) is 5.64. The van der Waals surface area contributed by atoms with Crippen LogP contribution in [0.1, 0.15) is 34.0 Å². The summed E-state index contributed by atoms with van der Waals surface area (Å²) in [6.07, 6.45) is 1.44. The Hall–Kier alpha value is -2.89. The van der Waals surface area contributed by atoms with E-state index in [-0.39, 0.29) is 24.9 Å². The number of esters is 1. The number of rotatable bonds is 6. The van der Waals surface area contributed by atoms with Crippen molar-refractivity contribution in [2.45, 2.75) is 27.7 Å². The van der Waals surface area contributed by atoms with Crippen LogP contribution in [0, 0.1) is 20.8 Å². The highest BCUT2D eigenvalue weighted by Crippen LogP contribution is 2.25. The first-order chi connectivity index (χ1) is 11.9. The first-order valence-corrected chi connectivity index (χ1v) is 8.05. The van der Waals surface area contributed by atoms with Gasteiger partial charge in [-0.3, -0.25) is 4.79 Å². The average molecular weight is 342 g/mol. The highest BCUT2D eigenvalue weighted by atomic mass is 16.5. The largest absolute Gasteiger partial charge is 0.483 e. The molecule has 0 saturated carbocycles. The zero-order valence-electron chi connectivity index (χ0n) is 14.9. The number of nitrogens with zero attached hydrogens (tertiary/aromatic N) is 1. The van der Waals surface area contributed by atoms with Gasteiger partial charge in [0, 0.05) is 6.20 Å². The number of aromatic nitrogens is 1. The number of hydrogen-bond donors (Lipinski definition) is 1. The minimum Gasteiger partial charge on any atom is -0.483 e. The zero-order valence-corrected chi connectivity index (χ0v) is 14.9. The Labute approximate surface area is 147 Å². The van der Waals surface area contributed by atoms with E-state index >= 15 is 0 Å². The van der Waals surface area contributed by atoms with Crippen molar-refractivity contribution in [2.75, 3.05) is 18.5 Å². The van der Waals surface area contributed by atoms with Gasteiger partial charge >= 0.3 is 5.97 Å². The number of aryl methyl sites for hydroxylation is 2. The van der Waals surface area contributed by atoms with Gasteiger partial charge in [0.05, 0.1) is 12.2 Å². The van der Waals surface area contributed by atoms with Crippen molar-refractivity contribution >= 4 is 17.7 Å². The molecule has 132 valence electrons. The van der Waals surface area contributed by atoms with Gasteiger partial charge in [0.15, 0.2) is 6.61 Å². The maximum atomic E-state index is 12.1. The Balaban J connectivity index is 2.01. The number of anilines is 1. The van der Waals surface area contributed by atoms with Gasteiger partial charge in [-0.25, -0.2) is 9.78 Å². The van der Waals surface area contributed by atoms with Crippen LogP contribution in [0.25, 0.3) is 0 Å². The molecule has 6 nitrogen and oxygen atoms in total. The van der Waals surface area contributed by atoms with Gasteiger partial charge in [-0.1, -0.05) is 12.1 Å². The number of carbonyl (C=O) groups is 2. The molecule has 0 aliphatic rings. The van der Waals surface area contributed by atoms with Crippen molar-refractivity contribution in [3.05, 3.63) is 52.7 Å². The summed E-state index contributed by atoms with van der Waals surface area (Å²) in [7, 11) is 0. The molecule has 1 aromatic carbocycles. The topological polar surface area (TPSA) is 77.5 Å². The highest BCUT2D eigenvalue weighted by molar-refractivity contribution is 5.94. The van der Waals surface area contributed by atoms with E-state index in [4.69, 9.17) is 9.47 Å². The van der Waals surface area contributed by atoms with Gasteiger partial charge in [0.25, 0.3) is 5.91 Å². The van der Waals surface area contributed by atoms with E-state index in [0.717, 1.165) is 16.7 Å². The molecular weight excluding hydrogens is 320 g/mol. The second-order valence-corrected chi connectivity index (χ2v) is 5.64. The van der Waals surface area contributed by atoms with Crippen LogP contribution in [-0.2, 0) is 9.53 Å². The summed E-state index contributed by atoms with van der Waals surface area (Å²) in [4.78, 5) is 27.9. The molecule has 0 unspecified atom stereocenters. The number of benzene rings is 1. The van der Waals surface area contributed by atoms with Crippen LogP contribution in [0.15, 0.2) is 30.5 Å². The van der Waals surface area contributed by atoms with E-state index in [1.54, 1.807) is 6.92 Å². The third kappa shape index (κ3) is 4.79. The Kier molecular flexibility index (Phi) is 6.11. The molecule has 0 atom stereocenters. The first kappa shape index (κ1) is 18.4. The van der Waals surface area contributed by atoms with Crippen molar-refractivity contribution in [1.29, 1.82) is 0 Å². The molecule has 0 fully saturated rings. The maximum absolute atomic E-state index is 12.1. The fourth-order valence-corrected chi connectivity index (χ4v) is 2.30. The Morgan fingerprint density at radius 3 is 2.56 bits per heavy atom. The third-order valence-corrected chi connectivity index (χ3v) is 3.76. The molecule has 0 aliphatic heterocycles. The SMILES string of the molecule is CCOC(=O)c1ccnc(NC(=O)COc2c(C)ccc(C)c2C)c1. The number of hydrogen-bond acceptors (Lipinski definition) is 5. The van der Waals surface area contributed by atoms with E-state index in [0.29, 0.717) is 11.3 Å². The van der Waals surface area contributed by atoms with Gasteiger partial charge in [0.1, 0.15) is 11.6 Å². The summed E-state index contributed by atoms with van der Waals surface area (Å²) < 4.78 is 10.6. The Morgan fingerprint density at radius 2 is 1.84 bits per heavy atom. The summed E-state index contributed by atoms with van der Waals surface area (Å²) in [5.74, 6) is 0.177. The highest BCUT2D eigenvalue weighted by Gasteiger charge is 2.12. The van der Waals surface area contributed by atoms with Crippen molar-refractivity contribution in [1.82, 2.24) is 4.98 Å². The van der Waals surface area contributed by atoms with Crippen LogP contribution in [0.4, 0.5) is 5.82 Å². The molecule has 2 rings (SSSR count). The molecule has 0 radical (unpaired) electrons.